The van der Waals surface area contributed by atoms with Crippen molar-refractivity contribution >= 4 is 23.2 Å². The zero-order chi connectivity index (χ0) is 13.0. The fraction of sp³-hybridized carbons (Fsp3) is 0.500. The summed E-state index contributed by atoms with van der Waals surface area (Å²) in [4.78, 5) is 27.5. The van der Waals surface area contributed by atoms with Crippen LogP contribution in [0, 0.1) is 0 Å². The summed E-state index contributed by atoms with van der Waals surface area (Å²) < 4.78 is 0. The fourth-order valence-corrected chi connectivity index (χ4v) is 1.90. The molecule has 0 saturated heterocycles. The van der Waals surface area contributed by atoms with Crippen molar-refractivity contribution in [1.29, 1.82) is 0 Å². The lowest BCUT2D eigenvalue weighted by molar-refractivity contribution is 0.0691. The summed E-state index contributed by atoms with van der Waals surface area (Å²) in [5.41, 5.74) is -0.123. The molecule has 1 unspecified atom stereocenters. The standard InChI is InChI=1S/C10H14N2O4S/c1-6(13)3-4-12(2)9(14)8-11-7(5-17-8)10(15)16/h5-6,13H,3-4H2,1-2H3,(H,15,16). The van der Waals surface area contributed by atoms with Gasteiger partial charge in [-0.15, -0.1) is 11.3 Å². The lowest BCUT2D eigenvalue weighted by Gasteiger charge is -2.16. The maximum Gasteiger partial charge on any atom is 0.355 e. The van der Waals surface area contributed by atoms with Crippen molar-refractivity contribution in [1.82, 2.24) is 9.88 Å². The Balaban J connectivity index is 2.65. The number of carbonyl (C=O) groups is 2. The second kappa shape index (κ2) is 5.74. The Morgan fingerprint density at radius 2 is 2.24 bits per heavy atom. The van der Waals surface area contributed by atoms with Gasteiger partial charge in [-0.25, -0.2) is 9.78 Å². The van der Waals surface area contributed by atoms with Crippen LogP contribution in [0.5, 0.6) is 0 Å². The number of hydrogen-bond donors (Lipinski definition) is 2. The molecule has 1 aromatic rings. The van der Waals surface area contributed by atoms with E-state index in [1.807, 2.05) is 0 Å². The second-order valence-corrected chi connectivity index (χ2v) is 4.57. The molecule has 0 aliphatic carbocycles. The summed E-state index contributed by atoms with van der Waals surface area (Å²) in [6.07, 6.45) is -0.00418. The number of carbonyl (C=O) groups excluding carboxylic acids is 1. The Labute approximate surface area is 103 Å². The van der Waals surface area contributed by atoms with E-state index in [0.717, 1.165) is 11.3 Å². The summed E-state index contributed by atoms with van der Waals surface area (Å²) in [7, 11) is 1.59. The number of aliphatic hydroxyl groups is 1. The predicted molar refractivity (Wildman–Crippen MR) is 62.3 cm³/mol. The Morgan fingerprint density at radius 3 is 2.71 bits per heavy atom. The van der Waals surface area contributed by atoms with Crippen LogP contribution in [0.4, 0.5) is 0 Å². The van der Waals surface area contributed by atoms with Gasteiger partial charge in [0.15, 0.2) is 10.7 Å². The van der Waals surface area contributed by atoms with Gasteiger partial charge in [-0.3, -0.25) is 4.79 Å². The molecule has 1 atom stereocenters. The van der Waals surface area contributed by atoms with Crippen LogP contribution in [0.2, 0.25) is 0 Å². The van der Waals surface area contributed by atoms with Gasteiger partial charge in [0.05, 0.1) is 6.10 Å². The third kappa shape index (κ3) is 3.79. The van der Waals surface area contributed by atoms with Crippen molar-refractivity contribution in [3.8, 4) is 0 Å². The molecule has 0 aliphatic heterocycles. The monoisotopic (exact) mass is 258 g/mol. The Hall–Kier alpha value is -1.47. The number of aromatic nitrogens is 1. The summed E-state index contributed by atoms with van der Waals surface area (Å²) in [6, 6.07) is 0. The average molecular weight is 258 g/mol. The number of hydrogen-bond acceptors (Lipinski definition) is 5. The van der Waals surface area contributed by atoms with Crippen LogP contribution in [0.15, 0.2) is 5.38 Å². The van der Waals surface area contributed by atoms with Crippen molar-refractivity contribution in [3.63, 3.8) is 0 Å². The van der Waals surface area contributed by atoms with E-state index in [9.17, 15) is 9.59 Å². The maximum absolute atomic E-state index is 11.8. The number of rotatable bonds is 5. The molecule has 94 valence electrons. The van der Waals surface area contributed by atoms with Crippen molar-refractivity contribution in [2.45, 2.75) is 19.4 Å². The highest BCUT2D eigenvalue weighted by Gasteiger charge is 2.18. The minimum atomic E-state index is -1.15. The predicted octanol–water partition coefficient (Wildman–Crippen LogP) is 0.684. The number of nitrogens with zero attached hydrogens (tertiary/aromatic N) is 2. The molecule has 1 heterocycles. The van der Waals surface area contributed by atoms with Crippen LogP contribution < -0.4 is 0 Å². The molecule has 2 N–H and O–H groups in total. The molecule has 0 spiro atoms. The molecule has 0 aliphatic rings. The molecule has 6 nitrogen and oxygen atoms in total. The van der Waals surface area contributed by atoms with Crippen LogP contribution in [-0.2, 0) is 0 Å². The fourth-order valence-electron chi connectivity index (χ4n) is 1.12. The maximum atomic E-state index is 11.8. The van der Waals surface area contributed by atoms with E-state index in [2.05, 4.69) is 4.98 Å². The number of carboxylic acids is 1. The zero-order valence-electron chi connectivity index (χ0n) is 9.58. The molecule has 1 rings (SSSR count). The Kier molecular flexibility index (Phi) is 4.59. The molecule has 0 fully saturated rings. The van der Waals surface area contributed by atoms with Gasteiger partial charge in [0, 0.05) is 19.0 Å². The van der Waals surface area contributed by atoms with E-state index < -0.39 is 12.1 Å². The number of aromatic carboxylic acids is 1. The van der Waals surface area contributed by atoms with Gasteiger partial charge in [-0.05, 0) is 13.3 Å². The zero-order valence-corrected chi connectivity index (χ0v) is 10.4. The van der Waals surface area contributed by atoms with E-state index in [0.29, 0.717) is 13.0 Å². The lowest BCUT2D eigenvalue weighted by atomic mass is 10.3. The highest BCUT2D eigenvalue weighted by molar-refractivity contribution is 7.11. The molecular weight excluding hydrogens is 244 g/mol. The van der Waals surface area contributed by atoms with Gasteiger partial charge in [0.1, 0.15) is 0 Å². The van der Waals surface area contributed by atoms with Crippen molar-refractivity contribution in [2.75, 3.05) is 13.6 Å². The number of aliphatic hydroxyl groups excluding tert-OH is 1. The van der Waals surface area contributed by atoms with Crippen LogP contribution in [0.1, 0.15) is 33.6 Å². The molecule has 0 bridgehead atoms. The molecular formula is C10H14N2O4S. The van der Waals surface area contributed by atoms with Gasteiger partial charge < -0.3 is 15.1 Å². The van der Waals surface area contributed by atoms with Crippen LogP contribution in [0.3, 0.4) is 0 Å². The highest BCUT2D eigenvalue weighted by atomic mass is 32.1. The highest BCUT2D eigenvalue weighted by Crippen LogP contribution is 2.12. The Bertz CT molecular complexity index is 416. The second-order valence-electron chi connectivity index (χ2n) is 3.71. The quantitative estimate of drug-likeness (QED) is 0.810. The molecule has 7 heteroatoms. The van der Waals surface area contributed by atoms with E-state index in [4.69, 9.17) is 10.2 Å². The molecule has 1 aromatic heterocycles. The van der Waals surface area contributed by atoms with E-state index in [-0.39, 0.29) is 16.6 Å². The Morgan fingerprint density at radius 1 is 1.59 bits per heavy atom. The summed E-state index contributed by atoms with van der Waals surface area (Å²) in [6.45, 7) is 2.04. The van der Waals surface area contributed by atoms with Gasteiger partial charge in [-0.1, -0.05) is 0 Å². The van der Waals surface area contributed by atoms with E-state index >= 15 is 0 Å². The molecule has 0 saturated carbocycles. The van der Waals surface area contributed by atoms with Gasteiger partial charge in [0.25, 0.3) is 5.91 Å². The largest absolute Gasteiger partial charge is 0.476 e. The molecule has 17 heavy (non-hydrogen) atoms. The molecule has 1 amide bonds. The van der Waals surface area contributed by atoms with Crippen molar-refractivity contribution < 1.29 is 19.8 Å². The first-order chi connectivity index (χ1) is 7.91. The first-order valence-electron chi connectivity index (χ1n) is 5.04. The van der Waals surface area contributed by atoms with Gasteiger partial charge in [-0.2, -0.15) is 0 Å². The summed E-state index contributed by atoms with van der Waals surface area (Å²) >= 11 is 1.00. The van der Waals surface area contributed by atoms with Crippen LogP contribution in [-0.4, -0.2) is 51.7 Å². The van der Waals surface area contributed by atoms with Crippen LogP contribution in [0.25, 0.3) is 0 Å². The van der Waals surface area contributed by atoms with Gasteiger partial charge >= 0.3 is 5.97 Å². The minimum absolute atomic E-state index is 0.123. The number of carboxylic acid groups (broad SMARTS) is 1. The molecule has 0 radical (unpaired) electrons. The normalized spacial score (nSPS) is 12.2. The number of thiazole rings is 1. The van der Waals surface area contributed by atoms with Crippen LogP contribution >= 0.6 is 11.3 Å². The topological polar surface area (TPSA) is 90.7 Å². The van der Waals surface area contributed by atoms with E-state index in [1.54, 1.807) is 14.0 Å². The SMILES string of the molecule is CC(O)CCN(C)C(=O)c1nc(C(=O)O)cs1. The smallest absolute Gasteiger partial charge is 0.355 e. The third-order valence-corrected chi connectivity index (χ3v) is 2.97. The number of amides is 1. The van der Waals surface area contributed by atoms with Gasteiger partial charge in [0.2, 0.25) is 0 Å². The van der Waals surface area contributed by atoms with Crippen molar-refractivity contribution in [2.24, 2.45) is 0 Å². The summed E-state index contributed by atoms with van der Waals surface area (Å²) in [5, 5.41) is 19.3. The molecule has 0 aromatic carbocycles. The average Bonchev–Trinajstić information content (AvgIpc) is 2.73. The van der Waals surface area contributed by atoms with Crippen molar-refractivity contribution in [3.05, 3.63) is 16.1 Å². The first kappa shape index (κ1) is 13.6. The van der Waals surface area contributed by atoms with E-state index in [1.165, 1.54) is 10.3 Å². The first-order valence-corrected chi connectivity index (χ1v) is 5.92. The third-order valence-electron chi connectivity index (χ3n) is 2.14. The minimum Gasteiger partial charge on any atom is -0.476 e. The lowest BCUT2D eigenvalue weighted by Crippen LogP contribution is -2.29. The summed E-state index contributed by atoms with van der Waals surface area (Å²) in [5.74, 6) is -1.48.